The molecule has 0 aliphatic carbocycles. The summed E-state index contributed by atoms with van der Waals surface area (Å²) in [5.74, 6) is 0.884. The van der Waals surface area contributed by atoms with Gasteiger partial charge in [-0.15, -0.1) is 0 Å². The van der Waals surface area contributed by atoms with Crippen molar-refractivity contribution in [1.82, 2.24) is 0 Å². The van der Waals surface area contributed by atoms with Gasteiger partial charge in [0.1, 0.15) is 0 Å². The minimum Gasteiger partial charge on any atom is -0.258 e. The fourth-order valence-electron chi connectivity index (χ4n) is 1.07. The highest BCUT2D eigenvalue weighted by Gasteiger charge is 2.16. The smallest absolute Gasteiger partial charge is 0.258 e. The van der Waals surface area contributed by atoms with E-state index in [4.69, 9.17) is 11.6 Å². The largest absolute Gasteiger partial charge is 0.273 e. The summed E-state index contributed by atoms with van der Waals surface area (Å²) in [7, 11) is 0. The van der Waals surface area contributed by atoms with Crippen LogP contribution in [-0.2, 0) is 0 Å². The first-order valence-corrected chi connectivity index (χ1v) is 4.14. The van der Waals surface area contributed by atoms with Gasteiger partial charge in [-0.1, -0.05) is 25.4 Å². The molecule has 13 heavy (non-hydrogen) atoms. The number of nitro groups is 1. The van der Waals surface area contributed by atoms with Gasteiger partial charge in [-0.2, -0.15) is 0 Å². The highest BCUT2D eigenvalue weighted by molar-refractivity contribution is 6.30. The number of hydrogen-bond acceptors (Lipinski definition) is 2. The Balaban J connectivity index is 3.26. The number of halogens is 1. The molecule has 0 fully saturated rings. The van der Waals surface area contributed by atoms with E-state index in [1.807, 2.05) is 13.8 Å². The van der Waals surface area contributed by atoms with E-state index in [2.05, 4.69) is 0 Å². The number of nitro benzene ring substituents is 1. The maximum absolute atomic E-state index is 10.6. The van der Waals surface area contributed by atoms with E-state index in [1.165, 1.54) is 12.1 Å². The van der Waals surface area contributed by atoms with Crippen molar-refractivity contribution < 1.29 is 4.92 Å². The number of nitrogens with zero attached hydrogens (tertiary/aromatic N) is 1. The van der Waals surface area contributed by atoms with Crippen molar-refractivity contribution in [2.75, 3.05) is 0 Å². The van der Waals surface area contributed by atoms with Crippen LogP contribution >= 0.6 is 11.6 Å². The van der Waals surface area contributed by atoms with E-state index in [0.29, 0.717) is 10.6 Å². The minimum absolute atomic E-state index is 0.101. The van der Waals surface area contributed by atoms with Crippen molar-refractivity contribution in [3.63, 3.8) is 0 Å². The van der Waals surface area contributed by atoms with Gasteiger partial charge in [0.05, 0.1) is 4.92 Å². The van der Waals surface area contributed by atoms with Crippen LogP contribution in [0.5, 0.6) is 0 Å². The Hall–Kier alpha value is -1.09. The molecule has 1 rings (SSSR count). The first-order chi connectivity index (χ1) is 6.02. The topological polar surface area (TPSA) is 43.1 Å². The third-order valence-corrected chi connectivity index (χ3v) is 1.93. The Bertz CT molecular complexity index is 336. The fraction of sp³-hybridized carbons (Fsp3) is 0.222. The van der Waals surface area contributed by atoms with Gasteiger partial charge in [0.25, 0.3) is 5.69 Å². The summed E-state index contributed by atoms with van der Waals surface area (Å²) in [6.45, 7) is 3.64. The Morgan fingerprint density at radius 3 is 2.54 bits per heavy atom. The first kappa shape index (κ1) is 9.99. The van der Waals surface area contributed by atoms with Crippen LogP contribution in [0.4, 0.5) is 5.69 Å². The molecule has 0 amide bonds. The molecule has 0 aromatic heterocycles. The lowest BCUT2D eigenvalue weighted by Gasteiger charge is -2.05. The Kier molecular flexibility index (Phi) is 2.88. The number of benzene rings is 1. The monoisotopic (exact) mass is 198 g/mol. The molecule has 1 aromatic rings. The quantitative estimate of drug-likeness (QED) is 0.541. The van der Waals surface area contributed by atoms with E-state index >= 15 is 0 Å². The molecule has 0 spiro atoms. The molecule has 4 heteroatoms. The lowest BCUT2D eigenvalue weighted by atomic mass is 10.0. The molecule has 0 aliphatic heterocycles. The average molecular weight is 199 g/mol. The summed E-state index contributed by atoms with van der Waals surface area (Å²) < 4.78 is 0. The van der Waals surface area contributed by atoms with Crippen LogP contribution in [0, 0.1) is 16.0 Å². The second-order valence-corrected chi connectivity index (χ2v) is 3.36. The van der Waals surface area contributed by atoms with Crippen molar-refractivity contribution in [3.05, 3.63) is 44.8 Å². The molecule has 3 nitrogen and oxygen atoms in total. The maximum Gasteiger partial charge on any atom is 0.273 e. The molecule has 0 aliphatic rings. The van der Waals surface area contributed by atoms with E-state index in [9.17, 15) is 10.1 Å². The van der Waals surface area contributed by atoms with Gasteiger partial charge in [-0.05, 0) is 12.1 Å². The molecule has 0 unspecified atom stereocenters. The van der Waals surface area contributed by atoms with Crippen molar-refractivity contribution in [3.8, 4) is 0 Å². The summed E-state index contributed by atoms with van der Waals surface area (Å²) in [4.78, 5) is 10.2. The van der Waals surface area contributed by atoms with E-state index in [-0.39, 0.29) is 5.69 Å². The zero-order valence-corrected chi connectivity index (χ0v) is 8.13. The Morgan fingerprint density at radius 1 is 1.46 bits per heavy atom. The van der Waals surface area contributed by atoms with Gasteiger partial charge in [-0.25, -0.2) is 0 Å². The summed E-state index contributed by atoms with van der Waals surface area (Å²) in [5, 5.41) is 11.1. The predicted octanol–water partition coefficient (Wildman–Crippen LogP) is 3.21. The summed E-state index contributed by atoms with van der Waals surface area (Å²) in [5.41, 5.74) is 0.696. The minimum atomic E-state index is -0.404. The lowest BCUT2D eigenvalue weighted by Crippen LogP contribution is -1.97. The molecule has 69 valence electrons. The van der Waals surface area contributed by atoms with Gasteiger partial charge >= 0.3 is 0 Å². The predicted molar refractivity (Wildman–Crippen MR) is 51.8 cm³/mol. The van der Waals surface area contributed by atoms with Crippen molar-refractivity contribution >= 4 is 17.3 Å². The van der Waals surface area contributed by atoms with Crippen LogP contribution in [-0.4, -0.2) is 4.92 Å². The van der Waals surface area contributed by atoms with Crippen LogP contribution in [0.3, 0.4) is 0 Å². The van der Waals surface area contributed by atoms with Crippen LogP contribution < -0.4 is 0 Å². The van der Waals surface area contributed by atoms with E-state index in [1.54, 1.807) is 6.07 Å². The number of hydrogen-bond donors (Lipinski definition) is 0. The molecule has 0 bridgehead atoms. The van der Waals surface area contributed by atoms with Crippen molar-refractivity contribution in [1.29, 1.82) is 0 Å². The van der Waals surface area contributed by atoms with Crippen LogP contribution in [0.1, 0.15) is 19.4 Å². The highest BCUT2D eigenvalue weighted by atomic mass is 35.5. The van der Waals surface area contributed by atoms with Gasteiger partial charge in [0, 0.05) is 22.6 Å². The first-order valence-electron chi connectivity index (χ1n) is 3.77. The number of rotatable bonds is 2. The molecular formula is C9H9ClNO2. The normalized spacial score (nSPS) is 10.5. The van der Waals surface area contributed by atoms with Gasteiger partial charge in [-0.3, -0.25) is 10.1 Å². The Morgan fingerprint density at radius 2 is 2.08 bits per heavy atom. The Labute approximate surface area is 81.5 Å². The summed E-state index contributed by atoms with van der Waals surface area (Å²) in [6.07, 6.45) is 0. The molecule has 0 N–H and O–H groups in total. The summed E-state index contributed by atoms with van der Waals surface area (Å²) >= 11 is 5.73. The van der Waals surface area contributed by atoms with E-state index < -0.39 is 4.92 Å². The second kappa shape index (κ2) is 3.75. The lowest BCUT2D eigenvalue weighted by molar-refractivity contribution is -0.385. The molecule has 0 heterocycles. The van der Waals surface area contributed by atoms with Gasteiger partial charge < -0.3 is 0 Å². The van der Waals surface area contributed by atoms with Crippen molar-refractivity contribution in [2.45, 2.75) is 13.8 Å². The standard InChI is InChI=1S/C9H9ClNO2/c1-6(2)8-5-7(10)3-4-9(8)11(12)13/h3-5H,1-2H3. The SMILES string of the molecule is C[C](C)c1cc(Cl)ccc1[N+](=O)[O-]. The molecule has 0 saturated heterocycles. The fourth-order valence-corrected chi connectivity index (χ4v) is 1.24. The zero-order valence-electron chi connectivity index (χ0n) is 7.37. The molecular weight excluding hydrogens is 190 g/mol. The van der Waals surface area contributed by atoms with Gasteiger partial charge in [0.15, 0.2) is 0 Å². The highest BCUT2D eigenvalue weighted by Crippen LogP contribution is 2.28. The van der Waals surface area contributed by atoms with Crippen LogP contribution in [0.2, 0.25) is 5.02 Å². The second-order valence-electron chi connectivity index (χ2n) is 2.92. The molecule has 0 saturated carbocycles. The average Bonchev–Trinajstić information content (AvgIpc) is 2.03. The van der Waals surface area contributed by atoms with Crippen LogP contribution in [0.25, 0.3) is 0 Å². The third kappa shape index (κ3) is 2.18. The zero-order chi connectivity index (χ0) is 10.0. The molecule has 1 radical (unpaired) electrons. The maximum atomic E-state index is 10.6. The molecule has 1 aromatic carbocycles. The van der Waals surface area contributed by atoms with Crippen molar-refractivity contribution in [2.24, 2.45) is 0 Å². The van der Waals surface area contributed by atoms with Crippen LogP contribution in [0.15, 0.2) is 18.2 Å². The third-order valence-electron chi connectivity index (χ3n) is 1.69. The molecule has 0 atom stereocenters. The van der Waals surface area contributed by atoms with Gasteiger partial charge in [0.2, 0.25) is 0 Å². The summed E-state index contributed by atoms with van der Waals surface area (Å²) in [6, 6.07) is 4.55. The van der Waals surface area contributed by atoms with E-state index in [0.717, 1.165) is 5.92 Å².